The summed E-state index contributed by atoms with van der Waals surface area (Å²) >= 11 is 0. The van der Waals surface area contributed by atoms with Crippen LogP contribution in [0.15, 0.2) is 18.2 Å². The van der Waals surface area contributed by atoms with E-state index in [9.17, 15) is 0 Å². The van der Waals surface area contributed by atoms with Crippen molar-refractivity contribution in [2.24, 2.45) is 11.5 Å². The minimum Gasteiger partial charge on any atom is -0.330 e. The topological polar surface area (TPSA) is 52.0 Å². The predicted octanol–water partition coefficient (Wildman–Crippen LogP) is 3.30. The first kappa shape index (κ1) is 15.5. The Hall–Kier alpha value is -0.860. The summed E-state index contributed by atoms with van der Waals surface area (Å²) in [5.41, 5.74) is 17.2. The van der Waals surface area contributed by atoms with Crippen LogP contribution in [0.5, 0.6) is 0 Å². The van der Waals surface area contributed by atoms with Crippen LogP contribution in [0.25, 0.3) is 0 Å². The maximum absolute atomic E-state index is 6.63. The van der Waals surface area contributed by atoms with E-state index in [4.69, 9.17) is 11.5 Å². The molecular weight excluding hydrogens is 244 g/mol. The lowest BCUT2D eigenvalue weighted by Crippen LogP contribution is -2.49. The molecule has 4 N–H and O–H groups in total. The maximum atomic E-state index is 6.63. The van der Waals surface area contributed by atoms with Crippen LogP contribution in [-0.4, -0.2) is 12.6 Å². The van der Waals surface area contributed by atoms with Gasteiger partial charge in [-0.15, -0.1) is 0 Å². The van der Waals surface area contributed by atoms with E-state index >= 15 is 0 Å². The van der Waals surface area contributed by atoms with E-state index < -0.39 is 0 Å². The summed E-state index contributed by atoms with van der Waals surface area (Å²) in [5, 5.41) is 0. The molecule has 20 heavy (non-hydrogen) atoms. The summed E-state index contributed by atoms with van der Waals surface area (Å²) in [5.74, 6) is 0. The molecule has 0 amide bonds. The Balaban J connectivity index is 2.57. The molecule has 2 heteroatoms. The molecule has 0 fully saturated rings. The molecule has 1 atom stereocenters. The van der Waals surface area contributed by atoms with Gasteiger partial charge in [0.15, 0.2) is 0 Å². The molecule has 2 rings (SSSR count). The van der Waals surface area contributed by atoms with Gasteiger partial charge in [-0.2, -0.15) is 0 Å². The Kier molecular flexibility index (Phi) is 5.22. The molecule has 112 valence electrons. The number of benzene rings is 1. The summed E-state index contributed by atoms with van der Waals surface area (Å²) in [4.78, 5) is 0. The van der Waals surface area contributed by atoms with Crippen molar-refractivity contribution in [2.45, 2.75) is 70.3 Å². The molecular formula is C18H30N2. The lowest BCUT2D eigenvalue weighted by Gasteiger charge is -2.45. The van der Waals surface area contributed by atoms with Crippen LogP contribution in [-0.2, 0) is 18.3 Å². The first-order valence-corrected chi connectivity index (χ1v) is 8.26. The highest BCUT2D eigenvalue weighted by Gasteiger charge is 2.42. The number of hydrogen-bond donors (Lipinski definition) is 2. The molecule has 0 aromatic heterocycles. The van der Waals surface area contributed by atoms with Crippen LogP contribution in [0.1, 0.15) is 62.6 Å². The van der Waals surface area contributed by atoms with Gasteiger partial charge >= 0.3 is 0 Å². The van der Waals surface area contributed by atoms with Gasteiger partial charge in [0.1, 0.15) is 0 Å². The molecule has 1 aromatic carbocycles. The van der Waals surface area contributed by atoms with Crippen LogP contribution in [0.2, 0.25) is 0 Å². The summed E-state index contributed by atoms with van der Waals surface area (Å²) in [6, 6.07) is 7.07. The van der Waals surface area contributed by atoms with Gasteiger partial charge in [-0.25, -0.2) is 0 Å². The minimum absolute atomic E-state index is 0.183. The third-order valence-corrected chi connectivity index (χ3v) is 4.98. The van der Waals surface area contributed by atoms with Gasteiger partial charge in [0.2, 0.25) is 0 Å². The zero-order valence-corrected chi connectivity index (χ0v) is 13.1. The molecule has 0 saturated heterocycles. The number of fused-ring (bicyclic) bond motifs is 1. The van der Waals surface area contributed by atoms with Gasteiger partial charge in [0.25, 0.3) is 0 Å². The van der Waals surface area contributed by atoms with Crippen LogP contribution in [0.4, 0.5) is 0 Å². The quantitative estimate of drug-likeness (QED) is 0.836. The second-order valence-corrected chi connectivity index (χ2v) is 6.29. The predicted molar refractivity (Wildman–Crippen MR) is 87.0 cm³/mol. The summed E-state index contributed by atoms with van der Waals surface area (Å²) in [6.07, 6.45) is 8.04. The molecule has 1 aliphatic rings. The Labute approximate surface area is 123 Å². The van der Waals surface area contributed by atoms with Crippen LogP contribution in [0, 0.1) is 0 Å². The van der Waals surface area contributed by atoms with Crippen LogP contribution < -0.4 is 11.5 Å². The second-order valence-electron chi connectivity index (χ2n) is 6.29. The van der Waals surface area contributed by atoms with Crippen molar-refractivity contribution < 1.29 is 0 Å². The third kappa shape index (κ3) is 2.64. The minimum atomic E-state index is 0.183. The zero-order chi connectivity index (χ0) is 14.6. The number of hydrogen-bond acceptors (Lipinski definition) is 2. The average Bonchev–Trinajstić information content (AvgIpc) is 2.44. The van der Waals surface area contributed by atoms with Crippen molar-refractivity contribution in [1.82, 2.24) is 0 Å². The second kappa shape index (κ2) is 6.73. The first-order valence-electron chi connectivity index (χ1n) is 8.26. The number of rotatable bonds is 6. The van der Waals surface area contributed by atoms with Gasteiger partial charge in [0, 0.05) is 11.5 Å². The van der Waals surface area contributed by atoms with Crippen molar-refractivity contribution in [1.29, 1.82) is 0 Å². The summed E-state index contributed by atoms with van der Waals surface area (Å²) < 4.78 is 0. The van der Waals surface area contributed by atoms with Gasteiger partial charge in [0.05, 0.1) is 0 Å². The zero-order valence-electron chi connectivity index (χ0n) is 13.1. The Morgan fingerprint density at radius 1 is 1.20 bits per heavy atom. The van der Waals surface area contributed by atoms with Crippen LogP contribution in [0.3, 0.4) is 0 Å². The Morgan fingerprint density at radius 2 is 1.90 bits per heavy atom. The van der Waals surface area contributed by atoms with E-state index in [0.717, 1.165) is 25.8 Å². The SMILES string of the molecule is CCCC1(CCC)c2c(CCN)cccc2CCC1N. The lowest BCUT2D eigenvalue weighted by molar-refractivity contribution is 0.259. The van der Waals surface area contributed by atoms with E-state index in [0.29, 0.717) is 6.04 Å². The van der Waals surface area contributed by atoms with Gasteiger partial charge in [-0.05, 0) is 55.3 Å². The largest absolute Gasteiger partial charge is 0.330 e. The normalized spacial score (nSPS) is 20.7. The van der Waals surface area contributed by atoms with Crippen molar-refractivity contribution >= 4 is 0 Å². The van der Waals surface area contributed by atoms with E-state index in [-0.39, 0.29) is 5.41 Å². The van der Waals surface area contributed by atoms with E-state index in [1.54, 1.807) is 5.56 Å². The molecule has 0 heterocycles. The molecule has 0 radical (unpaired) electrons. The van der Waals surface area contributed by atoms with E-state index in [1.807, 2.05) is 0 Å². The monoisotopic (exact) mass is 274 g/mol. The maximum Gasteiger partial charge on any atom is 0.0140 e. The lowest BCUT2D eigenvalue weighted by atomic mass is 9.61. The molecule has 1 aliphatic carbocycles. The fourth-order valence-corrected chi connectivity index (χ4v) is 4.28. The average molecular weight is 274 g/mol. The highest BCUT2D eigenvalue weighted by molar-refractivity contribution is 5.45. The molecule has 0 bridgehead atoms. The molecule has 1 unspecified atom stereocenters. The Morgan fingerprint density at radius 3 is 2.50 bits per heavy atom. The molecule has 2 nitrogen and oxygen atoms in total. The van der Waals surface area contributed by atoms with Crippen molar-refractivity contribution in [3.05, 3.63) is 34.9 Å². The molecule has 0 saturated carbocycles. The van der Waals surface area contributed by atoms with Crippen molar-refractivity contribution in [3.8, 4) is 0 Å². The standard InChI is InChI=1S/C18H30N2/c1-3-11-18(12-4-2)16(20)9-8-14-6-5-7-15(10-13-19)17(14)18/h5-7,16H,3-4,8-13,19-20H2,1-2H3. The highest BCUT2D eigenvalue weighted by Crippen LogP contribution is 2.45. The number of nitrogens with two attached hydrogens (primary N) is 2. The van der Waals surface area contributed by atoms with Gasteiger partial charge < -0.3 is 11.5 Å². The van der Waals surface area contributed by atoms with E-state index in [2.05, 4.69) is 32.0 Å². The van der Waals surface area contributed by atoms with Gasteiger partial charge in [-0.3, -0.25) is 0 Å². The number of aryl methyl sites for hydroxylation is 1. The fourth-order valence-electron chi connectivity index (χ4n) is 4.28. The van der Waals surface area contributed by atoms with E-state index in [1.165, 1.54) is 36.8 Å². The summed E-state index contributed by atoms with van der Waals surface area (Å²) in [6.45, 7) is 5.29. The first-order chi connectivity index (χ1) is 9.69. The molecule has 0 spiro atoms. The van der Waals surface area contributed by atoms with Crippen molar-refractivity contribution in [3.63, 3.8) is 0 Å². The van der Waals surface area contributed by atoms with Crippen LogP contribution >= 0.6 is 0 Å². The molecule has 1 aromatic rings. The highest BCUT2D eigenvalue weighted by atomic mass is 14.7. The van der Waals surface area contributed by atoms with Crippen molar-refractivity contribution in [2.75, 3.05) is 6.54 Å². The summed E-state index contributed by atoms with van der Waals surface area (Å²) in [7, 11) is 0. The smallest absolute Gasteiger partial charge is 0.0140 e. The van der Waals surface area contributed by atoms with Gasteiger partial charge in [-0.1, -0.05) is 44.9 Å². The third-order valence-electron chi connectivity index (χ3n) is 4.98. The molecule has 0 aliphatic heterocycles. The Bertz CT molecular complexity index is 433. The fraction of sp³-hybridized carbons (Fsp3) is 0.667.